The van der Waals surface area contributed by atoms with Crippen molar-refractivity contribution in [1.82, 2.24) is 25.6 Å². The number of aliphatic carboxylic acids is 1. The number of pyridine rings is 1. The van der Waals surface area contributed by atoms with Crippen molar-refractivity contribution in [3.05, 3.63) is 124 Å². The smallest absolute Gasteiger partial charge is 0.326 e. The van der Waals surface area contributed by atoms with Crippen molar-refractivity contribution in [1.29, 1.82) is 0 Å². The first-order valence-corrected chi connectivity index (χ1v) is 19.2. The van der Waals surface area contributed by atoms with Gasteiger partial charge in [0.05, 0.1) is 34.4 Å². The van der Waals surface area contributed by atoms with Crippen LogP contribution in [-0.2, 0) is 24.6 Å². The number of carboxylic acid groups (broad SMARTS) is 1. The Balaban J connectivity index is 1.13. The van der Waals surface area contributed by atoms with E-state index < -0.39 is 18.1 Å². The SMILES string of the molecule is CNc1cncc(COc2cc(OCc3cccc(-c4cccc(-c5ccc6nc([C@@H]7CCCN7)[nH]c6c5)c4C)c3C)c(Cl)cc2CN[C@@](C)(CO)C(=O)O)c1. The van der Waals surface area contributed by atoms with Crippen LogP contribution in [0.3, 0.4) is 0 Å². The number of ether oxygens (including phenoxy) is 2. The number of nitrogens with one attached hydrogen (secondary N) is 4. The van der Waals surface area contributed by atoms with Gasteiger partial charge >= 0.3 is 5.97 Å². The van der Waals surface area contributed by atoms with Gasteiger partial charge in [0.1, 0.15) is 36.1 Å². The molecule has 0 radical (unpaired) electrons. The number of aliphatic hydroxyl groups is 1. The molecule has 0 unspecified atom stereocenters. The maximum atomic E-state index is 11.9. The monoisotopic (exact) mass is 774 g/mol. The number of aromatic amines is 1. The van der Waals surface area contributed by atoms with Gasteiger partial charge in [-0.1, -0.05) is 54.1 Å². The molecule has 11 nitrogen and oxygen atoms in total. The summed E-state index contributed by atoms with van der Waals surface area (Å²) in [6.07, 6.45) is 5.69. The number of carboxylic acids is 1. The summed E-state index contributed by atoms with van der Waals surface area (Å²) in [7, 11) is 1.82. The summed E-state index contributed by atoms with van der Waals surface area (Å²) in [5, 5.41) is 29.4. The highest BCUT2D eigenvalue weighted by molar-refractivity contribution is 6.32. The first-order chi connectivity index (χ1) is 27.1. The van der Waals surface area contributed by atoms with Gasteiger partial charge in [-0.25, -0.2) is 4.98 Å². The average molecular weight is 775 g/mol. The molecular weight excluding hydrogens is 728 g/mol. The first-order valence-electron chi connectivity index (χ1n) is 18.8. The Morgan fingerprint density at radius 2 is 1.71 bits per heavy atom. The number of hydrogen-bond donors (Lipinski definition) is 6. The van der Waals surface area contributed by atoms with Crippen molar-refractivity contribution >= 4 is 34.3 Å². The van der Waals surface area contributed by atoms with Crippen LogP contribution in [0.1, 0.15) is 59.4 Å². The lowest BCUT2D eigenvalue weighted by Crippen LogP contribution is -2.52. The van der Waals surface area contributed by atoms with Crippen LogP contribution in [0, 0.1) is 13.8 Å². The Morgan fingerprint density at radius 1 is 0.946 bits per heavy atom. The number of imidazole rings is 1. The molecule has 56 heavy (non-hydrogen) atoms. The molecule has 4 aromatic carbocycles. The van der Waals surface area contributed by atoms with Crippen molar-refractivity contribution < 1.29 is 24.5 Å². The number of hydrogen-bond acceptors (Lipinski definition) is 9. The summed E-state index contributed by atoms with van der Waals surface area (Å²) in [6, 6.07) is 24.7. The molecule has 1 fully saturated rings. The van der Waals surface area contributed by atoms with Gasteiger partial charge in [-0.15, -0.1) is 0 Å². The predicted molar refractivity (Wildman–Crippen MR) is 220 cm³/mol. The lowest BCUT2D eigenvalue weighted by molar-refractivity contribution is -0.145. The van der Waals surface area contributed by atoms with Crippen LogP contribution in [-0.4, -0.2) is 56.9 Å². The first kappa shape index (κ1) is 38.8. The van der Waals surface area contributed by atoms with Crippen molar-refractivity contribution in [3.63, 3.8) is 0 Å². The third kappa shape index (κ3) is 8.22. The number of H-pyrrole nitrogens is 1. The molecule has 2 aromatic heterocycles. The van der Waals surface area contributed by atoms with Crippen molar-refractivity contribution in [2.45, 2.75) is 65.0 Å². The minimum Gasteiger partial charge on any atom is -0.488 e. The van der Waals surface area contributed by atoms with Crippen LogP contribution in [0.2, 0.25) is 5.02 Å². The number of rotatable bonds is 15. The van der Waals surface area contributed by atoms with E-state index in [1.54, 1.807) is 24.5 Å². The van der Waals surface area contributed by atoms with E-state index in [4.69, 9.17) is 26.1 Å². The van der Waals surface area contributed by atoms with E-state index in [0.717, 1.165) is 80.9 Å². The molecule has 0 amide bonds. The number of benzene rings is 4. The van der Waals surface area contributed by atoms with Gasteiger partial charge in [0, 0.05) is 43.2 Å². The lowest BCUT2D eigenvalue weighted by Gasteiger charge is -2.25. The molecule has 1 saturated heterocycles. The topological polar surface area (TPSA) is 154 Å². The largest absolute Gasteiger partial charge is 0.488 e. The highest BCUT2D eigenvalue weighted by Crippen LogP contribution is 2.38. The predicted octanol–water partition coefficient (Wildman–Crippen LogP) is 8.11. The average Bonchev–Trinajstić information content (AvgIpc) is 3.90. The van der Waals surface area contributed by atoms with Gasteiger partial charge in [0.15, 0.2) is 0 Å². The molecule has 3 heterocycles. The molecule has 1 aliphatic heterocycles. The fraction of sp³-hybridized carbons (Fsp3) is 0.295. The molecular formula is C44H47ClN6O5. The van der Waals surface area contributed by atoms with Gasteiger partial charge in [0.25, 0.3) is 0 Å². The van der Waals surface area contributed by atoms with Gasteiger partial charge in [-0.3, -0.25) is 15.1 Å². The Hall–Kier alpha value is -5.46. The van der Waals surface area contributed by atoms with E-state index in [1.807, 2.05) is 25.2 Å². The minimum atomic E-state index is -1.56. The fourth-order valence-corrected chi connectivity index (χ4v) is 7.36. The number of nitrogens with zero attached hydrogens (tertiary/aromatic N) is 2. The second kappa shape index (κ2) is 16.7. The number of anilines is 1. The van der Waals surface area contributed by atoms with E-state index in [0.29, 0.717) is 22.1 Å². The van der Waals surface area contributed by atoms with Gasteiger partial charge in [0.2, 0.25) is 0 Å². The summed E-state index contributed by atoms with van der Waals surface area (Å²) >= 11 is 6.80. The lowest BCUT2D eigenvalue weighted by atomic mass is 9.89. The van der Waals surface area contributed by atoms with Crippen LogP contribution in [0.4, 0.5) is 5.69 Å². The molecule has 0 aliphatic carbocycles. The van der Waals surface area contributed by atoms with Crippen molar-refractivity contribution in [3.8, 4) is 33.8 Å². The molecule has 0 spiro atoms. The van der Waals surface area contributed by atoms with Crippen LogP contribution in [0.25, 0.3) is 33.3 Å². The summed E-state index contributed by atoms with van der Waals surface area (Å²) in [4.78, 5) is 24.6. The standard InChI is InChI=1S/C44H47ClN6O5/c1-26-30(8-5-10-34(26)35-11-6-9-33(27(35)2)29-13-14-37-39(18-29)51-42(50-37)38-12-7-15-48-38)24-56-41-19-40(55-23-28-16-32(46-4)22-47-20-28)31(17-36(41)45)21-49-44(3,25-52)43(53)54/h5-6,8-11,13-14,16-20,22,38,46,48-49,52H,7,12,15,21,23-25H2,1-4H3,(H,50,51)(H,53,54)/t38-,44-/m0/s1. The molecule has 0 bridgehead atoms. The van der Waals surface area contributed by atoms with Gasteiger partial charge in [-0.2, -0.15) is 0 Å². The summed E-state index contributed by atoms with van der Waals surface area (Å²) in [6.45, 7) is 6.63. The summed E-state index contributed by atoms with van der Waals surface area (Å²) in [5.41, 5.74) is 10.5. The van der Waals surface area contributed by atoms with Crippen molar-refractivity contribution in [2.75, 3.05) is 25.5 Å². The molecule has 290 valence electrons. The zero-order chi connectivity index (χ0) is 39.4. The maximum absolute atomic E-state index is 11.9. The summed E-state index contributed by atoms with van der Waals surface area (Å²) in [5.74, 6) is 0.696. The molecule has 12 heteroatoms. The molecule has 1 aliphatic rings. The second-order valence-electron chi connectivity index (χ2n) is 14.5. The van der Waals surface area contributed by atoms with Crippen LogP contribution in [0.15, 0.2) is 85.2 Å². The molecule has 6 N–H and O–H groups in total. The Bertz CT molecular complexity index is 2370. The number of aliphatic hydroxyl groups excluding tert-OH is 1. The van der Waals surface area contributed by atoms with Crippen LogP contribution in [0.5, 0.6) is 11.5 Å². The highest BCUT2D eigenvalue weighted by Gasteiger charge is 2.32. The Morgan fingerprint density at radius 3 is 2.46 bits per heavy atom. The zero-order valence-electron chi connectivity index (χ0n) is 32.0. The maximum Gasteiger partial charge on any atom is 0.326 e. The Labute approximate surface area is 331 Å². The summed E-state index contributed by atoms with van der Waals surface area (Å²) < 4.78 is 12.7. The van der Waals surface area contributed by atoms with Crippen LogP contribution >= 0.6 is 11.6 Å². The number of halogens is 1. The number of fused-ring (bicyclic) bond motifs is 1. The minimum absolute atomic E-state index is 0.0712. The molecule has 6 aromatic rings. The Kier molecular flexibility index (Phi) is 11.6. The highest BCUT2D eigenvalue weighted by atomic mass is 35.5. The van der Waals surface area contributed by atoms with E-state index >= 15 is 0 Å². The van der Waals surface area contributed by atoms with E-state index in [-0.39, 0.29) is 25.8 Å². The molecule has 0 saturated carbocycles. The zero-order valence-corrected chi connectivity index (χ0v) is 32.8. The van der Waals surface area contributed by atoms with E-state index in [1.165, 1.54) is 12.5 Å². The van der Waals surface area contributed by atoms with Gasteiger partial charge < -0.3 is 35.3 Å². The second-order valence-corrected chi connectivity index (χ2v) is 14.9. The molecule has 2 atom stereocenters. The quantitative estimate of drug-likeness (QED) is 0.0603. The number of aromatic nitrogens is 3. The third-order valence-electron chi connectivity index (χ3n) is 10.7. The third-order valence-corrected chi connectivity index (χ3v) is 11.0. The van der Waals surface area contributed by atoms with E-state index in [9.17, 15) is 15.0 Å². The molecule has 7 rings (SSSR count). The van der Waals surface area contributed by atoms with E-state index in [2.05, 4.69) is 82.2 Å². The van der Waals surface area contributed by atoms with Crippen LogP contribution < -0.4 is 25.4 Å². The normalized spacial score (nSPS) is 15.1. The van der Waals surface area contributed by atoms with Gasteiger partial charge in [-0.05, 0) is 103 Å². The number of carbonyl (C=O) groups is 1. The van der Waals surface area contributed by atoms with Crippen molar-refractivity contribution in [2.24, 2.45) is 0 Å². The fourth-order valence-electron chi connectivity index (χ4n) is 7.12.